The highest BCUT2D eigenvalue weighted by Gasteiger charge is 2.29. The van der Waals surface area contributed by atoms with Gasteiger partial charge in [0.25, 0.3) is 0 Å². The molecule has 0 aromatic heterocycles. The molecule has 0 bridgehead atoms. The van der Waals surface area contributed by atoms with Crippen molar-refractivity contribution in [1.29, 1.82) is 0 Å². The van der Waals surface area contributed by atoms with E-state index in [4.69, 9.17) is 4.74 Å². The lowest BCUT2D eigenvalue weighted by Crippen LogP contribution is -2.52. The van der Waals surface area contributed by atoms with E-state index in [1.54, 1.807) is 12.1 Å². The number of amides is 2. The molecule has 0 aliphatic carbocycles. The number of halogens is 1. The van der Waals surface area contributed by atoms with Crippen molar-refractivity contribution < 1.29 is 13.9 Å². The first-order chi connectivity index (χ1) is 13.2. The van der Waals surface area contributed by atoms with Crippen LogP contribution in [0.3, 0.4) is 0 Å². The molecule has 158 valence electrons. The highest BCUT2D eigenvalue weighted by molar-refractivity contribution is 5.89. The minimum absolute atomic E-state index is 0.0563. The van der Waals surface area contributed by atoms with E-state index in [0.29, 0.717) is 31.0 Å². The highest BCUT2D eigenvalue weighted by atomic mass is 19.1. The molecule has 1 aromatic rings. The van der Waals surface area contributed by atoms with E-state index < -0.39 is 0 Å². The van der Waals surface area contributed by atoms with Gasteiger partial charge >= 0.3 is 6.03 Å². The zero-order valence-corrected chi connectivity index (χ0v) is 18.0. The fraction of sp³-hybridized carbons (Fsp3) is 0.667. The number of hydrogen-bond acceptors (Lipinski definition) is 4. The molecule has 0 saturated carbocycles. The maximum atomic E-state index is 14.7. The SMILES string of the molecule is CCC(CC)(CNC(=O)Nc1ccc(N2CC(C)OC(C)C2)c(F)c1)N(C)C. The number of anilines is 2. The van der Waals surface area contributed by atoms with E-state index in [1.165, 1.54) is 6.07 Å². The summed E-state index contributed by atoms with van der Waals surface area (Å²) in [5, 5.41) is 5.66. The van der Waals surface area contributed by atoms with Crippen molar-refractivity contribution in [2.45, 2.75) is 58.3 Å². The van der Waals surface area contributed by atoms with Gasteiger partial charge in [0.15, 0.2) is 0 Å². The quantitative estimate of drug-likeness (QED) is 0.741. The molecule has 1 aromatic carbocycles. The van der Waals surface area contributed by atoms with Crippen molar-refractivity contribution in [3.8, 4) is 0 Å². The Bertz CT molecular complexity index is 654. The fourth-order valence-electron chi connectivity index (χ4n) is 3.93. The lowest BCUT2D eigenvalue weighted by molar-refractivity contribution is -0.00539. The molecule has 1 aliphatic rings. The highest BCUT2D eigenvalue weighted by Crippen LogP contribution is 2.26. The molecule has 1 saturated heterocycles. The van der Waals surface area contributed by atoms with Gasteiger partial charge < -0.3 is 25.2 Å². The van der Waals surface area contributed by atoms with Crippen molar-refractivity contribution in [3.63, 3.8) is 0 Å². The summed E-state index contributed by atoms with van der Waals surface area (Å²) in [5.41, 5.74) is 0.893. The normalized spacial score (nSPS) is 20.4. The summed E-state index contributed by atoms with van der Waals surface area (Å²) in [4.78, 5) is 16.4. The number of rotatable bonds is 7. The number of carbonyl (C=O) groups excluding carboxylic acids is 1. The molecule has 28 heavy (non-hydrogen) atoms. The van der Waals surface area contributed by atoms with Crippen LogP contribution in [0.1, 0.15) is 40.5 Å². The van der Waals surface area contributed by atoms with E-state index >= 15 is 0 Å². The lowest BCUT2D eigenvalue weighted by atomic mass is 9.91. The molecule has 6 nitrogen and oxygen atoms in total. The summed E-state index contributed by atoms with van der Waals surface area (Å²) < 4.78 is 20.4. The molecule has 2 N–H and O–H groups in total. The van der Waals surface area contributed by atoms with Crippen LogP contribution in [0.4, 0.5) is 20.6 Å². The first-order valence-electron chi connectivity index (χ1n) is 10.1. The largest absolute Gasteiger partial charge is 0.372 e. The Morgan fingerprint density at radius 1 is 1.25 bits per heavy atom. The van der Waals surface area contributed by atoms with Crippen molar-refractivity contribution in [1.82, 2.24) is 10.2 Å². The van der Waals surface area contributed by atoms with Gasteiger partial charge in [0.1, 0.15) is 5.82 Å². The standard InChI is InChI=1S/C21H35FN4O2/c1-7-21(8-2,25(5)6)14-23-20(27)24-17-9-10-19(18(22)11-17)26-12-15(3)28-16(4)13-26/h9-11,15-16H,7-8,12-14H2,1-6H3,(H2,23,24,27). The summed E-state index contributed by atoms with van der Waals surface area (Å²) in [6.07, 6.45) is 1.97. The maximum Gasteiger partial charge on any atom is 0.319 e. The second-order valence-electron chi connectivity index (χ2n) is 7.96. The van der Waals surface area contributed by atoms with Gasteiger partial charge in [0, 0.05) is 30.9 Å². The first kappa shape index (κ1) is 22.4. The Balaban J connectivity index is 1.99. The third-order valence-corrected chi connectivity index (χ3v) is 5.81. The maximum absolute atomic E-state index is 14.7. The van der Waals surface area contributed by atoms with Crippen LogP contribution in [-0.2, 0) is 4.74 Å². The average molecular weight is 395 g/mol. The molecular weight excluding hydrogens is 359 g/mol. The number of likely N-dealkylation sites (N-methyl/N-ethyl adjacent to an activating group) is 1. The summed E-state index contributed by atoms with van der Waals surface area (Å²) >= 11 is 0. The van der Waals surface area contributed by atoms with Crippen LogP contribution in [-0.4, -0.2) is 62.4 Å². The first-order valence-corrected chi connectivity index (χ1v) is 10.1. The van der Waals surface area contributed by atoms with E-state index in [1.807, 2.05) is 32.8 Å². The Morgan fingerprint density at radius 2 is 1.86 bits per heavy atom. The monoisotopic (exact) mass is 394 g/mol. The molecule has 7 heteroatoms. The molecule has 2 amide bonds. The molecule has 2 atom stereocenters. The van der Waals surface area contributed by atoms with Crippen LogP contribution < -0.4 is 15.5 Å². The Labute approximate surface area is 168 Å². The number of carbonyl (C=O) groups is 1. The summed E-state index contributed by atoms with van der Waals surface area (Å²) in [6.45, 7) is 10.0. The molecule has 2 unspecified atom stereocenters. The third-order valence-electron chi connectivity index (χ3n) is 5.81. The topological polar surface area (TPSA) is 56.8 Å². The second-order valence-corrected chi connectivity index (χ2v) is 7.96. The minimum Gasteiger partial charge on any atom is -0.372 e. The molecule has 2 rings (SSSR count). The third kappa shape index (κ3) is 5.35. The van der Waals surface area contributed by atoms with Crippen LogP contribution in [0.5, 0.6) is 0 Å². The van der Waals surface area contributed by atoms with E-state index in [9.17, 15) is 9.18 Å². The number of nitrogens with zero attached hydrogens (tertiary/aromatic N) is 2. The molecule has 0 radical (unpaired) electrons. The van der Waals surface area contributed by atoms with Crippen LogP contribution in [0.2, 0.25) is 0 Å². The Hall–Kier alpha value is -1.86. The Kier molecular flexibility index (Phi) is 7.66. The zero-order chi connectivity index (χ0) is 20.9. The predicted octanol–water partition coefficient (Wildman–Crippen LogP) is 3.68. The van der Waals surface area contributed by atoms with Crippen molar-refractivity contribution in [2.75, 3.05) is 43.9 Å². The van der Waals surface area contributed by atoms with E-state index in [2.05, 4.69) is 29.4 Å². The molecule has 1 aliphatic heterocycles. The van der Waals surface area contributed by atoms with Crippen LogP contribution in [0.25, 0.3) is 0 Å². The van der Waals surface area contributed by atoms with Gasteiger partial charge in [-0.3, -0.25) is 0 Å². The summed E-state index contributed by atoms with van der Waals surface area (Å²) in [7, 11) is 4.04. The molecule has 1 fully saturated rings. The average Bonchev–Trinajstić information content (AvgIpc) is 2.62. The van der Waals surface area contributed by atoms with Gasteiger partial charge in [0.2, 0.25) is 0 Å². The van der Waals surface area contributed by atoms with Gasteiger partial charge in [-0.2, -0.15) is 0 Å². The van der Waals surface area contributed by atoms with Gasteiger partial charge in [-0.15, -0.1) is 0 Å². The van der Waals surface area contributed by atoms with Gasteiger partial charge in [-0.1, -0.05) is 13.8 Å². The summed E-state index contributed by atoms with van der Waals surface area (Å²) in [5.74, 6) is -0.344. The number of benzene rings is 1. The van der Waals surface area contributed by atoms with Crippen LogP contribution in [0, 0.1) is 5.82 Å². The number of morpholine rings is 1. The Morgan fingerprint density at radius 3 is 2.36 bits per heavy atom. The number of hydrogen-bond donors (Lipinski definition) is 2. The predicted molar refractivity (Wildman–Crippen MR) is 113 cm³/mol. The van der Waals surface area contributed by atoms with Gasteiger partial charge in [-0.05, 0) is 59.0 Å². The lowest BCUT2D eigenvalue weighted by Gasteiger charge is -2.38. The van der Waals surface area contributed by atoms with Crippen LogP contribution in [0.15, 0.2) is 18.2 Å². The van der Waals surface area contributed by atoms with Crippen molar-refractivity contribution in [3.05, 3.63) is 24.0 Å². The molecule has 1 heterocycles. The van der Waals surface area contributed by atoms with E-state index in [0.717, 1.165) is 12.8 Å². The molecular formula is C21H35FN4O2. The van der Waals surface area contributed by atoms with Crippen molar-refractivity contribution >= 4 is 17.4 Å². The zero-order valence-electron chi connectivity index (χ0n) is 18.0. The second kappa shape index (κ2) is 9.56. The smallest absolute Gasteiger partial charge is 0.319 e. The van der Waals surface area contributed by atoms with Crippen LogP contribution >= 0.6 is 0 Å². The van der Waals surface area contributed by atoms with Gasteiger partial charge in [0.05, 0.1) is 17.9 Å². The fourth-order valence-corrected chi connectivity index (χ4v) is 3.93. The number of ether oxygens (including phenoxy) is 1. The van der Waals surface area contributed by atoms with Crippen molar-refractivity contribution in [2.24, 2.45) is 0 Å². The summed E-state index contributed by atoms with van der Waals surface area (Å²) in [6, 6.07) is 4.51. The number of nitrogens with one attached hydrogen (secondary N) is 2. The minimum atomic E-state index is -0.344. The van der Waals surface area contributed by atoms with Gasteiger partial charge in [-0.25, -0.2) is 9.18 Å². The van der Waals surface area contributed by atoms with E-state index in [-0.39, 0.29) is 29.6 Å². The molecule has 0 spiro atoms. The number of urea groups is 1.